The molecule has 0 radical (unpaired) electrons. The number of hydrogen-bond acceptors (Lipinski definition) is 6. The van der Waals surface area contributed by atoms with E-state index in [4.69, 9.17) is 11.2 Å². The number of carbonyl (C=O) groups excluding carboxylic acids is 3. The molecule has 1 saturated heterocycles. The lowest BCUT2D eigenvalue weighted by Crippen LogP contribution is -2.28. The summed E-state index contributed by atoms with van der Waals surface area (Å²) in [6, 6.07) is 6.39. The first-order chi connectivity index (χ1) is 10.5. The third-order valence-electron chi connectivity index (χ3n) is 2.66. The fourth-order valence-corrected chi connectivity index (χ4v) is 2.52. The molecule has 0 unspecified atom stereocenters. The van der Waals surface area contributed by atoms with Crippen LogP contribution in [0.3, 0.4) is 0 Å². The third kappa shape index (κ3) is 3.68. The van der Waals surface area contributed by atoms with Crippen molar-refractivity contribution in [3.63, 3.8) is 0 Å². The van der Waals surface area contributed by atoms with E-state index in [1.165, 1.54) is 0 Å². The van der Waals surface area contributed by atoms with E-state index in [-0.39, 0.29) is 11.4 Å². The Morgan fingerprint density at radius 2 is 2.05 bits per heavy atom. The minimum absolute atomic E-state index is 0.0575. The quantitative estimate of drug-likeness (QED) is 0.580. The number of imide groups is 1. The molecule has 0 atom stereocenters. The molecule has 6 nitrogen and oxygen atoms in total. The summed E-state index contributed by atoms with van der Waals surface area (Å²) in [6.07, 6.45) is 6.67. The summed E-state index contributed by atoms with van der Waals surface area (Å²) in [7, 11) is 0. The third-order valence-corrected chi connectivity index (χ3v) is 3.56. The fraction of sp³-hybridized carbons (Fsp3) is 0.133. The monoisotopic (exact) mass is 316 g/mol. The van der Waals surface area contributed by atoms with Crippen LogP contribution < -0.4 is 9.84 Å². The average Bonchev–Trinajstić information content (AvgIpc) is 2.74. The molecule has 7 heteroatoms. The van der Waals surface area contributed by atoms with Crippen molar-refractivity contribution in [3.8, 4) is 18.1 Å². The van der Waals surface area contributed by atoms with Crippen LogP contribution in [0.15, 0.2) is 29.2 Å². The molecule has 2 rings (SSSR count). The van der Waals surface area contributed by atoms with Crippen molar-refractivity contribution in [1.29, 1.82) is 0 Å². The molecule has 0 bridgehead atoms. The summed E-state index contributed by atoms with van der Waals surface area (Å²) in [5.74, 6) is 0.883. The molecule has 0 N–H and O–H groups in total. The highest BCUT2D eigenvalue weighted by Gasteiger charge is 2.34. The predicted molar refractivity (Wildman–Crippen MR) is 78.5 cm³/mol. The van der Waals surface area contributed by atoms with Crippen LogP contribution in [0.2, 0.25) is 0 Å². The molecule has 1 aliphatic heterocycles. The number of carbonyl (C=O) groups is 3. The molecule has 0 aromatic heterocycles. The van der Waals surface area contributed by atoms with Gasteiger partial charge in [-0.25, -0.2) is 0 Å². The van der Waals surface area contributed by atoms with Crippen LogP contribution in [-0.4, -0.2) is 35.2 Å². The SMILES string of the molecule is C#CCN1C(=O)S/C(=C/c2ccc(OCC(=O)[O-])cc2)C1=O. The minimum atomic E-state index is -1.31. The molecule has 0 aliphatic carbocycles. The van der Waals surface area contributed by atoms with E-state index in [0.29, 0.717) is 11.3 Å². The zero-order valence-electron chi connectivity index (χ0n) is 11.3. The number of benzene rings is 1. The van der Waals surface area contributed by atoms with Crippen molar-refractivity contribution < 1.29 is 24.2 Å². The number of thioether (sulfide) groups is 1. The van der Waals surface area contributed by atoms with Crippen LogP contribution in [0.25, 0.3) is 6.08 Å². The van der Waals surface area contributed by atoms with Crippen molar-refractivity contribution in [1.82, 2.24) is 4.90 Å². The van der Waals surface area contributed by atoms with Gasteiger partial charge in [0, 0.05) is 0 Å². The second kappa shape index (κ2) is 6.83. The molecule has 22 heavy (non-hydrogen) atoms. The fourth-order valence-electron chi connectivity index (χ4n) is 1.68. The maximum absolute atomic E-state index is 12.0. The number of nitrogens with zero attached hydrogens (tertiary/aromatic N) is 1. The van der Waals surface area contributed by atoms with E-state index >= 15 is 0 Å². The van der Waals surface area contributed by atoms with E-state index in [2.05, 4.69) is 5.92 Å². The van der Waals surface area contributed by atoms with E-state index < -0.39 is 23.7 Å². The number of terminal acetylenes is 1. The van der Waals surface area contributed by atoms with Crippen LogP contribution in [0.4, 0.5) is 4.79 Å². The molecule has 0 spiro atoms. The summed E-state index contributed by atoms with van der Waals surface area (Å²) in [6.45, 7) is -0.595. The largest absolute Gasteiger partial charge is 0.546 e. The molecule has 1 aromatic rings. The van der Waals surface area contributed by atoms with E-state index in [0.717, 1.165) is 16.7 Å². The number of carboxylic acid groups (broad SMARTS) is 1. The summed E-state index contributed by atoms with van der Waals surface area (Å²) in [5.41, 5.74) is 0.673. The Balaban J connectivity index is 2.10. The first-order valence-electron chi connectivity index (χ1n) is 6.13. The maximum atomic E-state index is 12.0. The molecule has 2 amide bonds. The molecule has 0 saturated carbocycles. The lowest BCUT2D eigenvalue weighted by molar-refractivity contribution is -0.307. The first kappa shape index (κ1) is 15.7. The standard InChI is InChI=1S/C15H11NO5S/c1-2-7-16-14(19)12(22-15(16)20)8-10-3-5-11(6-4-10)21-9-13(17)18/h1,3-6,8H,7,9H2,(H,17,18)/p-1/b12-8+. The predicted octanol–water partition coefficient (Wildman–Crippen LogP) is 0.485. The van der Waals surface area contributed by atoms with Gasteiger partial charge in [0.25, 0.3) is 11.1 Å². The summed E-state index contributed by atoms with van der Waals surface area (Å²) >= 11 is 0.821. The normalized spacial score (nSPS) is 16.0. The molecule has 1 heterocycles. The number of hydrogen-bond donors (Lipinski definition) is 0. The van der Waals surface area contributed by atoms with Crippen molar-refractivity contribution in [3.05, 3.63) is 34.7 Å². The van der Waals surface area contributed by atoms with Gasteiger partial charge in [0.05, 0.1) is 17.4 Å². The Labute approximate surface area is 130 Å². The Kier molecular flexibility index (Phi) is 4.86. The van der Waals surface area contributed by atoms with E-state index in [1.807, 2.05) is 0 Å². The van der Waals surface area contributed by atoms with Crippen LogP contribution in [-0.2, 0) is 9.59 Å². The molecule has 112 valence electrons. The lowest BCUT2D eigenvalue weighted by atomic mass is 10.2. The van der Waals surface area contributed by atoms with E-state index in [9.17, 15) is 19.5 Å². The summed E-state index contributed by atoms with van der Waals surface area (Å²) in [5, 5.41) is 9.88. The molecule has 1 aliphatic rings. The molecule has 1 aromatic carbocycles. The zero-order valence-corrected chi connectivity index (χ0v) is 12.1. The number of aliphatic carboxylic acids is 1. The molecule has 1 fully saturated rings. The number of amides is 2. The van der Waals surface area contributed by atoms with Gasteiger partial charge in [-0.3, -0.25) is 14.5 Å². The smallest absolute Gasteiger partial charge is 0.294 e. The van der Waals surface area contributed by atoms with Crippen LogP contribution in [0, 0.1) is 12.3 Å². The van der Waals surface area contributed by atoms with Crippen molar-refractivity contribution in [2.75, 3.05) is 13.2 Å². The highest BCUT2D eigenvalue weighted by Crippen LogP contribution is 2.32. The minimum Gasteiger partial charge on any atom is -0.546 e. The van der Waals surface area contributed by atoms with Gasteiger partial charge in [0.2, 0.25) is 0 Å². The van der Waals surface area contributed by atoms with E-state index in [1.54, 1.807) is 30.3 Å². The average molecular weight is 316 g/mol. The van der Waals surface area contributed by atoms with Gasteiger partial charge in [-0.15, -0.1) is 6.42 Å². The highest BCUT2D eigenvalue weighted by molar-refractivity contribution is 8.18. The zero-order chi connectivity index (χ0) is 16.1. The number of carboxylic acids is 1. The van der Waals surface area contributed by atoms with Gasteiger partial charge >= 0.3 is 0 Å². The lowest BCUT2D eigenvalue weighted by Gasteiger charge is -2.07. The Morgan fingerprint density at radius 1 is 1.36 bits per heavy atom. The van der Waals surface area contributed by atoms with Gasteiger partial charge in [-0.1, -0.05) is 18.1 Å². The van der Waals surface area contributed by atoms with Crippen LogP contribution >= 0.6 is 11.8 Å². The molecular weight excluding hydrogens is 306 g/mol. The van der Waals surface area contributed by atoms with Crippen LogP contribution in [0.5, 0.6) is 5.75 Å². The Bertz CT molecular complexity index is 687. The highest BCUT2D eigenvalue weighted by atomic mass is 32.2. The Morgan fingerprint density at radius 3 is 2.64 bits per heavy atom. The Hall–Kier alpha value is -2.72. The first-order valence-corrected chi connectivity index (χ1v) is 6.94. The van der Waals surface area contributed by atoms with Crippen molar-refractivity contribution in [2.24, 2.45) is 0 Å². The van der Waals surface area contributed by atoms with Crippen molar-refractivity contribution >= 4 is 35.0 Å². The van der Waals surface area contributed by atoms with Gasteiger partial charge in [-0.05, 0) is 35.5 Å². The summed E-state index contributed by atoms with van der Waals surface area (Å²) < 4.78 is 4.94. The number of rotatable bonds is 5. The van der Waals surface area contributed by atoms with Gasteiger partial charge in [0.15, 0.2) is 0 Å². The van der Waals surface area contributed by atoms with Crippen LogP contribution in [0.1, 0.15) is 5.56 Å². The van der Waals surface area contributed by atoms with Crippen molar-refractivity contribution in [2.45, 2.75) is 0 Å². The maximum Gasteiger partial charge on any atom is 0.294 e. The second-order valence-electron chi connectivity index (χ2n) is 4.20. The second-order valence-corrected chi connectivity index (χ2v) is 5.19. The number of ether oxygens (including phenoxy) is 1. The topological polar surface area (TPSA) is 86.7 Å². The summed E-state index contributed by atoms with van der Waals surface area (Å²) in [4.78, 5) is 35.2. The van der Waals surface area contributed by atoms with Gasteiger partial charge in [0.1, 0.15) is 12.4 Å². The van der Waals surface area contributed by atoms with Gasteiger partial charge < -0.3 is 14.6 Å². The molecular formula is C15H10NO5S-. The van der Waals surface area contributed by atoms with Gasteiger partial charge in [-0.2, -0.15) is 0 Å².